The number of aliphatic carboxylic acids is 1. The molecule has 2 N–H and O–H groups in total. The van der Waals surface area contributed by atoms with Gasteiger partial charge in [0, 0.05) is 4.88 Å². The molecule has 0 unspecified atom stereocenters. The van der Waals surface area contributed by atoms with Crippen molar-refractivity contribution in [1.29, 1.82) is 0 Å². The van der Waals surface area contributed by atoms with Gasteiger partial charge in [-0.3, -0.25) is 9.59 Å². The van der Waals surface area contributed by atoms with Crippen molar-refractivity contribution in [2.75, 3.05) is 11.9 Å². The summed E-state index contributed by atoms with van der Waals surface area (Å²) in [6.45, 7) is 2.40. The fraction of sp³-hybridized carbons (Fsp3) is 0.591. The van der Waals surface area contributed by atoms with Gasteiger partial charge in [0.2, 0.25) is 5.91 Å². The number of amides is 1. The molecule has 6 nitrogen and oxygen atoms in total. The highest BCUT2D eigenvalue weighted by Crippen LogP contribution is 2.49. The molecule has 1 saturated carbocycles. The predicted molar refractivity (Wildman–Crippen MR) is 110 cm³/mol. The number of hydrogen-bond acceptors (Lipinski definition) is 5. The number of aryl methyl sites for hydroxylation is 1. The number of carboxylic acids is 1. The highest BCUT2D eigenvalue weighted by atomic mass is 32.1. The Labute approximate surface area is 174 Å². The quantitative estimate of drug-likeness (QED) is 0.397. The summed E-state index contributed by atoms with van der Waals surface area (Å²) in [4.78, 5) is 38.8. The third kappa shape index (κ3) is 3.72. The van der Waals surface area contributed by atoms with E-state index < -0.39 is 17.8 Å². The smallest absolute Gasteiger partial charge is 0.341 e. The second-order valence-corrected chi connectivity index (χ2v) is 9.34. The molecule has 4 rings (SSSR count). The Kier molecular flexibility index (Phi) is 5.76. The molecule has 1 heterocycles. The number of anilines is 1. The number of carboxylic acid groups (broad SMARTS) is 1. The van der Waals surface area contributed by atoms with Crippen LogP contribution >= 0.6 is 11.3 Å². The van der Waals surface area contributed by atoms with E-state index in [1.54, 1.807) is 0 Å². The van der Waals surface area contributed by atoms with Crippen molar-refractivity contribution in [3.05, 3.63) is 28.2 Å². The van der Waals surface area contributed by atoms with E-state index >= 15 is 0 Å². The summed E-state index contributed by atoms with van der Waals surface area (Å²) < 4.78 is 5.46. The van der Waals surface area contributed by atoms with Crippen molar-refractivity contribution in [3.63, 3.8) is 0 Å². The van der Waals surface area contributed by atoms with Gasteiger partial charge in [-0.15, -0.1) is 11.3 Å². The van der Waals surface area contributed by atoms with E-state index in [9.17, 15) is 19.5 Å². The van der Waals surface area contributed by atoms with Crippen molar-refractivity contribution in [2.24, 2.45) is 23.7 Å². The molecule has 3 aliphatic carbocycles. The number of thiophene rings is 1. The van der Waals surface area contributed by atoms with Crippen LogP contribution in [0.3, 0.4) is 0 Å². The minimum atomic E-state index is -0.924. The molecule has 0 aliphatic heterocycles. The molecule has 156 valence electrons. The lowest BCUT2D eigenvalue weighted by Crippen LogP contribution is -2.36. The third-order valence-electron chi connectivity index (χ3n) is 6.39. The molecule has 1 aromatic rings. The summed E-state index contributed by atoms with van der Waals surface area (Å²) in [7, 11) is 0. The molecule has 0 saturated heterocycles. The highest BCUT2D eigenvalue weighted by molar-refractivity contribution is 7.17. The lowest BCUT2D eigenvalue weighted by Gasteiger charge is -2.23. The molecule has 1 fully saturated rings. The fourth-order valence-corrected chi connectivity index (χ4v) is 6.24. The van der Waals surface area contributed by atoms with Gasteiger partial charge in [0.05, 0.1) is 24.0 Å². The van der Waals surface area contributed by atoms with Gasteiger partial charge in [0.15, 0.2) is 0 Å². The number of carbonyl (C=O) groups is 3. The summed E-state index contributed by atoms with van der Waals surface area (Å²) in [6, 6.07) is 0. The summed E-state index contributed by atoms with van der Waals surface area (Å²) in [6.07, 6.45) is 10.1. The number of allylic oxidation sites excluding steroid dienone is 2. The van der Waals surface area contributed by atoms with Gasteiger partial charge in [0.25, 0.3) is 0 Å². The van der Waals surface area contributed by atoms with E-state index in [2.05, 4.69) is 5.32 Å². The number of esters is 1. The monoisotopic (exact) mass is 417 g/mol. The van der Waals surface area contributed by atoms with Crippen LogP contribution in [0.2, 0.25) is 0 Å². The molecule has 0 aromatic carbocycles. The molecule has 2 bridgehead atoms. The van der Waals surface area contributed by atoms with Crippen LogP contribution < -0.4 is 5.32 Å². The zero-order chi connectivity index (χ0) is 20.5. The lowest BCUT2D eigenvalue weighted by atomic mass is 9.82. The first-order valence-electron chi connectivity index (χ1n) is 10.5. The fourth-order valence-electron chi connectivity index (χ4n) is 4.96. The molecular formula is C22H27NO5S. The highest BCUT2D eigenvalue weighted by Gasteiger charge is 2.51. The van der Waals surface area contributed by atoms with Gasteiger partial charge in [0.1, 0.15) is 5.00 Å². The van der Waals surface area contributed by atoms with Crippen molar-refractivity contribution < 1.29 is 24.2 Å². The molecular weight excluding hydrogens is 390 g/mol. The Morgan fingerprint density at radius 3 is 2.62 bits per heavy atom. The zero-order valence-corrected chi connectivity index (χ0v) is 17.4. The van der Waals surface area contributed by atoms with E-state index in [-0.39, 0.29) is 23.7 Å². The Morgan fingerprint density at radius 2 is 1.90 bits per heavy atom. The summed E-state index contributed by atoms with van der Waals surface area (Å²) >= 11 is 1.45. The van der Waals surface area contributed by atoms with Gasteiger partial charge >= 0.3 is 11.9 Å². The number of carbonyl (C=O) groups excluding carboxylic acids is 2. The van der Waals surface area contributed by atoms with Crippen LogP contribution in [0.5, 0.6) is 0 Å². The first-order valence-corrected chi connectivity index (χ1v) is 11.4. The molecule has 0 spiro atoms. The number of hydrogen-bond donors (Lipinski definition) is 2. The summed E-state index contributed by atoms with van der Waals surface area (Å²) in [5, 5.41) is 13.1. The van der Waals surface area contributed by atoms with E-state index in [4.69, 9.17) is 4.74 Å². The van der Waals surface area contributed by atoms with Gasteiger partial charge in [-0.1, -0.05) is 25.5 Å². The first kappa shape index (κ1) is 20.1. The Morgan fingerprint density at radius 1 is 1.17 bits per heavy atom. The Bertz CT molecular complexity index is 858. The second-order valence-electron chi connectivity index (χ2n) is 8.23. The van der Waals surface area contributed by atoms with Crippen molar-refractivity contribution in [1.82, 2.24) is 0 Å². The number of nitrogens with one attached hydrogen (secondary N) is 1. The average molecular weight is 418 g/mol. The molecule has 7 heteroatoms. The minimum absolute atomic E-state index is 0.0457. The van der Waals surface area contributed by atoms with E-state index in [1.807, 2.05) is 19.1 Å². The zero-order valence-electron chi connectivity index (χ0n) is 16.6. The van der Waals surface area contributed by atoms with E-state index in [0.29, 0.717) is 23.6 Å². The van der Waals surface area contributed by atoms with Crippen LogP contribution in [0.4, 0.5) is 5.00 Å². The van der Waals surface area contributed by atoms with Crippen LogP contribution in [0.15, 0.2) is 12.2 Å². The molecule has 0 radical (unpaired) electrons. The van der Waals surface area contributed by atoms with Gasteiger partial charge < -0.3 is 15.2 Å². The Hall–Kier alpha value is -2.15. The SMILES string of the molecule is CCCCOC(=O)c1c(NC(=O)[C@H]2[C@H](C(=O)O)[C@H]3C=C[C@H]2C3)sc2c1CCCC2. The van der Waals surface area contributed by atoms with Crippen LogP contribution in [-0.2, 0) is 27.2 Å². The van der Waals surface area contributed by atoms with Crippen molar-refractivity contribution in [3.8, 4) is 0 Å². The third-order valence-corrected chi connectivity index (χ3v) is 7.60. The summed E-state index contributed by atoms with van der Waals surface area (Å²) in [5.41, 5.74) is 1.49. The lowest BCUT2D eigenvalue weighted by molar-refractivity contribution is -0.146. The van der Waals surface area contributed by atoms with Gasteiger partial charge in [-0.25, -0.2) is 4.79 Å². The molecule has 1 aromatic heterocycles. The van der Waals surface area contributed by atoms with Crippen LogP contribution in [0.25, 0.3) is 0 Å². The topological polar surface area (TPSA) is 92.7 Å². The van der Waals surface area contributed by atoms with Gasteiger partial charge in [-0.05, 0) is 55.9 Å². The number of rotatable bonds is 7. The standard InChI is InChI=1S/C22H27NO5S/c1-2-3-10-28-22(27)18-14-6-4-5-7-15(14)29-20(18)23-19(24)16-12-8-9-13(11-12)17(16)21(25)26/h8-9,12-13,16-17H,2-7,10-11H2,1H3,(H,23,24)(H,25,26)/t12-,13-,16+,17+/m0/s1. The second kappa shape index (κ2) is 8.30. The van der Waals surface area contributed by atoms with Crippen LogP contribution in [-0.4, -0.2) is 29.6 Å². The van der Waals surface area contributed by atoms with Crippen molar-refractivity contribution in [2.45, 2.75) is 51.9 Å². The predicted octanol–water partition coefficient (Wildman–Crippen LogP) is 4.05. The average Bonchev–Trinajstić information content (AvgIpc) is 3.40. The van der Waals surface area contributed by atoms with Crippen molar-refractivity contribution >= 4 is 34.2 Å². The van der Waals surface area contributed by atoms with Crippen LogP contribution in [0.1, 0.15) is 59.8 Å². The number of fused-ring (bicyclic) bond motifs is 3. The Balaban J connectivity index is 1.59. The maximum Gasteiger partial charge on any atom is 0.341 e. The first-order chi connectivity index (χ1) is 14.0. The largest absolute Gasteiger partial charge is 0.481 e. The van der Waals surface area contributed by atoms with E-state index in [0.717, 1.165) is 49.0 Å². The summed E-state index contributed by atoms with van der Waals surface area (Å²) in [5.74, 6) is -3.01. The van der Waals surface area contributed by atoms with Gasteiger partial charge in [-0.2, -0.15) is 0 Å². The normalized spacial score (nSPS) is 26.9. The molecule has 4 atom stereocenters. The van der Waals surface area contributed by atoms with Crippen LogP contribution in [0, 0.1) is 23.7 Å². The van der Waals surface area contributed by atoms with E-state index in [1.165, 1.54) is 11.3 Å². The molecule has 1 amide bonds. The minimum Gasteiger partial charge on any atom is -0.481 e. The molecule has 3 aliphatic rings. The number of ether oxygens (including phenoxy) is 1. The maximum absolute atomic E-state index is 13.1. The number of unbranched alkanes of at least 4 members (excludes halogenated alkanes) is 1. The molecule has 29 heavy (non-hydrogen) atoms. The maximum atomic E-state index is 13.1.